The number of anilines is 1. The van der Waals surface area contributed by atoms with Crippen LogP contribution < -0.4 is 14.4 Å². The van der Waals surface area contributed by atoms with Gasteiger partial charge in [0, 0.05) is 56.1 Å². The number of carbonyl (C=O) groups is 2. The highest BCUT2D eigenvalue weighted by Crippen LogP contribution is 2.42. The minimum atomic E-state index is -3.51. The number of allylic oxidation sites excluding steroid dienone is 1. The van der Waals surface area contributed by atoms with Crippen LogP contribution in [0.3, 0.4) is 0 Å². The number of aromatic nitrogens is 2. The van der Waals surface area contributed by atoms with Crippen molar-refractivity contribution >= 4 is 39.0 Å². The summed E-state index contributed by atoms with van der Waals surface area (Å²) in [6.45, 7) is 3.81. The summed E-state index contributed by atoms with van der Waals surface area (Å²) in [4.78, 5) is 29.8. The van der Waals surface area contributed by atoms with Gasteiger partial charge in [-0.1, -0.05) is 36.7 Å². The topological polar surface area (TPSA) is 115 Å². The smallest absolute Gasteiger partial charge is 0.286 e. The normalized spacial score (nSPS) is 26.3. The fourth-order valence-corrected chi connectivity index (χ4v) is 9.79. The van der Waals surface area contributed by atoms with E-state index in [2.05, 4.69) is 43.4 Å². The Morgan fingerprint density at radius 3 is 2.73 bits per heavy atom. The van der Waals surface area contributed by atoms with Gasteiger partial charge >= 0.3 is 0 Å². The fraction of sp³-hybridized carbons (Fsp3) is 0.513. The third-order valence-corrected chi connectivity index (χ3v) is 13.4. The molecule has 3 aromatic rings. The highest BCUT2D eigenvalue weighted by Gasteiger charge is 2.38. The summed E-state index contributed by atoms with van der Waals surface area (Å²) in [5.41, 5.74) is 4.37. The first-order valence-corrected chi connectivity index (χ1v) is 20.2. The summed E-state index contributed by atoms with van der Waals surface area (Å²) in [5, 5.41) is 4.35. The number of hydrogen-bond acceptors (Lipinski definition) is 7. The Labute approximate surface area is 307 Å². The number of hydrogen-bond donors (Lipinski definition) is 1. The zero-order valence-corrected chi connectivity index (χ0v) is 31.5. The molecule has 2 bridgehead atoms. The van der Waals surface area contributed by atoms with Crippen LogP contribution in [0.15, 0.2) is 65.2 Å². The van der Waals surface area contributed by atoms with Gasteiger partial charge in [-0.15, -0.1) is 4.36 Å². The molecule has 0 saturated heterocycles. The van der Waals surface area contributed by atoms with E-state index in [9.17, 15) is 13.8 Å². The van der Waals surface area contributed by atoms with Crippen LogP contribution in [-0.2, 0) is 45.9 Å². The number of nitrogens with one attached hydrogen (secondary N) is 1. The van der Waals surface area contributed by atoms with Crippen LogP contribution in [0.25, 0.3) is 0 Å². The number of amides is 2. The second-order valence-electron chi connectivity index (χ2n) is 14.0. The van der Waals surface area contributed by atoms with Crippen LogP contribution in [-0.4, -0.2) is 57.4 Å². The van der Waals surface area contributed by atoms with E-state index in [1.165, 1.54) is 11.1 Å². The van der Waals surface area contributed by atoms with Crippen molar-refractivity contribution < 1.29 is 23.3 Å². The Bertz CT molecular complexity index is 1870. The van der Waals surface area contributed by atoms with Crippen LogP contribution >= 0.6 is 11.6 Å². The van der Waals surface area contributed by atoms with Gasteiger partial charge in [0.05, 0.1) is 23.6 Å². The number of halogens is 1. The van der Waals surface area contributed by atoms with Gasteiger partial charge in [0.2, 0.25) is 5.91 Å². The van der Waals surface area contributed by atoms with Crippen LogP contribution in [0.5, 0.6) is 5.75 Å². The first-order valence-electron chi connectivity index (χ1n) is 18.2. The summed E-state index contributed by atoms with van der Waals surface area (Å²) in [6.07, 6.45) is 12.8. The van der Waals surface area contributed by atoms with Crippen molar-refractivity contribution in [1.82, 2.24) is 14.5 Å². The number of aryl methyl sites for hydroxylation is 3. The van der Waals surface area contributed by atoms with Crippen molar-refractivity contribution in [3.05, 3.63) is 88.2 Å². The van der Waals surface area contributed by atoms with Crippen LogP contribution in [0, 0.1) is 11.8 Å². The molecule has 0 spiro atoms. The van der Waals surface area contributed by atoms with Gasteiger partial charge in [0.1, 0.15) is 15.7 Å². The molecular formula is C39H50ClN5O5S. The molecule has 1 unspecified atom stereocenters. The fourth-order valence-electron chi connectivity index (χ4n) is 7.55. The number of fused-ring (bicyclic) bond motifs is 3. The highest BCUT2D eigenvalue weighted by atomic mass is 35.5. The highest BCUT2D eigenvalue weighted by molar-refractivity contribution is 7.93. The maximum Gasteiger partial charge on any atom is 0.286 e. The van der Waals surface area contributed by atoms with Gasteiger partial charge in [-0.25, -0.2) is 4.21 Å². The molecule has 1 saturated carbocycles. The lowest BCUT2D eigenvalue weighted by Gasteiger charge is -2.43. The van der Waals surface area contributed by atoms with Gasteiger partial charge in [-0.05, 0) is 117 Å². The Morgan fingerprint density at radius 1 is 1.12 bits per heavy atom. The van der Waals surface area contributed by atoms with Crippen molar-refractivity contribution in [1.29, 1.82) is 0 Å². The van der Waals surface area contributed by atoms with Crippen molar-refractivity contribution in [2.45, 2.75) is 89.0 Å². The molecule has 5 atom stereocenters. The lowest BCUT2D eigenvalue weighted by atomic mass is 9.70. The minimum absolute atomic E-state index is 0.0591. The second kappa shape index (κ2) is 16.8. The van der Waals surface area contributed by atoms with Crippen molar-refractivity contribution in [2.24, 2.45) is 23.2 Å². The molecule has 10 nitrogen and oxygen atoms in total. The Balaban J connectivity index is 1.42. The van der Waals surface area contributed by atoms with E-state index in [0.29, 0.717) is 62.0 Å². The van der Waals surface area contributed by atoms with Crippen molar-refractivity contribution in [3.63, 3.8) is 0 Å². The van der Waals surface area contributed by atoms with E-state index < -0.39 is 27.0 Å². The average Bonchev–Trinajstić information content (AvgIpc) is 3.51. The first-order chi connectivity index (χ1) is 24.7. The van der Waals surface area contributed by atoms with E-state index in [-0.39, 0.29) is 12.5 Å². The van der Waals surface area contributed by atoms with E-state index in [1.807, 2.05) is 38.2 Å². The van der Waals surface area contributed by atoms with Gasteiger partial charge in [0.25, 0.3) is 5.91 Å². The number of carbonyl (C=O) groups excluding carboxylic acids is 2. The Morgan fingerprint density at radius 2 is 1.98 bits per heavy atom. The quantitative estimate of drug-likeness (QED) is 0.266. The molecule has 3 heterocycles. The predicted molar refractivity (Wildman–Crippen MR) is 201 cm³/mol. The largest absolute Gasteiger partial charge is 0.491 e. The second-order valence-corrected chi connectivity index (χ2v) is 16.6. The molecule has 2 aromatic carbocycles. The van der Waals surface area contributed by atoms with E-state index in [1.54, 1.807) is 24.1 Å². The maximum atomic E-state index is 14.8. The van der Waals surface area contributed by atoms with E-state index in [0.717, 1.165) is 55.1 Å². The predicted octanol–water partition coefficient (Wildman–Crippen LogP) is 7.24. The monoisotopic (exact) mass is 735 g/mol. The first kappa shape index (κ1) is 37.1. The number of nitrogens with zero attached hydrogens (tertiary/aromatic N) is 4. The standard InChI is InChI=1S/C39H50ClN5O5S/c1-4-33-10-5-6-11-36(49-3)34-17-13-30(34)26-45-25-29-12-15-31(40)23-27(29)9-7-8-22-50-37-18-14-28(24-35(37)45)39(47)43-51(33,48)42-38(46)19-16-32-20-21-41-44(32)2/h6,11-12,14-15,18,20-21,23-24,30,33-34,36H,4-5,7-10,13,16-17,19,22,25-26H2,1-3H3,(H,42,43,46,47,48)/b11-6+/t30-,33+,34+,36-,51?/m0/s1. The summed E-state index contributed by atoms with van der Waals surface area (Å²) >= 11 is 6.47. The molecule has 1 aliphatic carbocycles. The molecule has 6 rings (SSSR count). The van der Waals surface area contributed by atoms with Crippen molar-refractivity contribution in [3.8, 4) is 5.75 Å². The molecule has 274 valence electrons. The number of benzene rings is 2. The summed E-state index contributed by atoms with van der Waals surface area (Å²) in [5.74, 6) is 0.347. The lowest BCUT2D eigenvalue weighted by Crippen LogP contribution is -2.43. The number of rotatable bonds is 6. The third kappa shape index (κ3) is 8.87. The zero-order valence-electron chi connectivity index (χ0n) is 29.9. The molecule has 1 fully saturated rings. The summed E-state index contributed by atoms with van der Waals surface area (Å²) in [7, 11) is 0.0687. The van der Waals surface area contributed by atoms with Gasteiger partial charge < -0.3 is 14.4 Å². The Hall–Kier alpha value is -3.67. The number of ether oxygens (including phenoxy) is 2. The van der Waals surface area contributed by atoms with Gasteiger partial charge in [-0.2, -0.15) is 5.10 Å². The SMILES string of the molecule is CC[C@@H]1CC/C=C/[C@H](OC)[C@@H]2CC[C@H]2CN2Cc3ccc(Cl)cc3CCCCOc3ccc(cc32)C(=O)N=S1(=O)NC(=O)CCc1ccnn1C. The number of methoxy groups -OCH3 is 1. The zero-order chi connectivity index (χ0) is 36.0. The van der Waals surface area contributed by atoms with Crippen molar-refractivity contribution in [2.75, 3.05) is 25.2 Å². The lowest BCUT2D eigenvalue weighted by molar-refractivity contribution is -0.119. The Kier molecular flexibility index (Phi) is 12.2. The van der Waals surface area contributed by atoms with Crippen LogP contribution in [0.2, 0.25) is 5.02 Å². The third-order valence-electron chi connectivity index (χ3n) is 10.7. The molecular weight excluding hydrogens is 686 g/mol. The molecule has 2 amide bonds. The van der Waals surface area contributed by atoms with E-state index in [4.69, 9.17) is 21.1 Å². The molecule has 2 aliphatic heterocycles. The van der Waals surface area contributed by atoms with Crippen LogP contribution in [0.1, 0.15) is 85.5 Å². The van der Waals surface area contributed by atoms with E-state index >= 15 is 0 Å². The average molecular weight is 736 g/mol. The molecule has 1 aromatic heterocycles. The molecule has 3 aliphatic rings. The molecule has 12 heteroatoms. The summed E-state index contributed by atoms with van der Waals surface area (Å²) in [6, 6.07) is 13.3. The maximum absolute atomic E-state index is 14.8. The molecule has 51 heavy (non-hydrogen) atoms. The van der Waals surface area contributed by atoms with Gasteiger partial charge in [-0.3, -0.25) is 19.0 Å². The summed E-state index contributed by atoms with van der Waals surface area (Å²) < 4.78 is 36.1. The molecule has 0 radical (unpaired) electrons. The van der Waals surface area contributed by atoms with Crippen LogP contribution in [0.4, 0.5) is 5.69 Å². The van der Waals surface area contributed by atoms with Gasteiger partial charge in [0.15, 0.2) is 0 Å². The molecule has 1 N–H and O–H groups in total. The minimum Gasteiger partial charge on any atom is -0.491 e.